The second kappa shape index (κ2) is 5.67. The number of piperidine rings is 1. The molecule has 3 atom stereocenters. The number of nitrogens with one attached hydrogen (secondary N) is 1. The average molecular weight is 296 g/mol. The number of halogens is 1. The van der Waals surface area contributed by atoms with E-state index in [1.807, 2.05) is 12.1 Å². The van der Waals surface area contributed by atoms with Gasteiger partial charge in [0.2, 0.25) is 0 Å². The van der Waals surface area contributed by atoms with Gasteiger partial charge < -0.3 is 5.32 Å². The van der Waals surface area contributed by atoms with E-state index in [1.54, 1.807) is 0 Å². The van der Waals surface area contributed by atoms with Crippen molar-refractivity contribution < 1.29 is 0 Å². The van der Waals surface area contributed by atoms with Crippen LogP contribution in [0.1, 0.15) is 37.7 Å². The Balaban J connectivity index is 1.99. The minimum Gasteiger partial charge on any atom is -0.316 e. The van der Waals surface area contributed by atoms with E-state index in [0.29, 0.717) is 11.3 Å². The van der Waals surface area contributed by atoms with Gasteiger partial charge in [0.1, 0.15) is 0 Å². The summed E-state index contributed by atoms with van der Waals surface area (Å²) in [4.78, 5) is 0. The highest BCUT2D eigenvalue weighted by molar-refractivity contribution is 7.99. The van der Waals surface area contributed by atoms with Crippen LogP contribution in [0.3, 0.4) is 0 Å². The fourth-order valence-electron chi connectivity index (χ4n) is 3.94. The molecule has 2 fully saturated rings. The minimum atomic E-state index is 0.444. The van der Waals surface area contributed by atoms with Gasteiger partial charge in [-0.1, -0.05) is 36.7 Å². The molecule has 2 aliphatic heterocycles. The Morgan fingerprint density at radius 2 is 2.16 bits per heavy atom. The summed E-state index contributed by atoms with van der Waals surface area (Å²) in [7, 11) is 0. The summed E-state index contributed by atoms with van der Waals surface area (Å²) in [5.74, 6) is 1.89. The van der Waals surface area contributed by atoms with Crippen LogP contribution in [0.4, 0.5) is 0 Å². The van der Waals surface area contributed by atoms with Crippen molar-refractivity contribution in [2.45, 2.75) is 37.4 Å². The van der Waals surface area contributed by atoms with Gasteiger partial charge in [-0.15, -0.1) is 0 Å². The van der Waals surface area contributed by atoms with Crippen molar-refractivity contribution in [1.29, 1.82) is 0 Å². The number of hydrogen-bond acceptors (Lipinski definition) is 2. The van der Waals surface area contributed by atoms with Gasteiger partial charge in [0.05, 0.1) is 0 Å². The molecule has 1 spiro atoms. The van der Waals surface area contributed by atoms with Crippen molar-refractivity contribution in [3.05, 3.63) is 34.9 Å². The number of rotatable bonds is 1. The van der Waals surface area contributed by atoms with E-state index in [2.05, 4.69) is 36.1 Å². The van der Waals surface area contributed by atoms with E-state index in [-0.39, 0.29) is 0 Å². The number of thioether (sulfide) groups is 1. The van der Waals surface area contributed by atoms with Crippen LogP contribution in [0, 0.1) is 5.41 Å². The summed E-state index contributed by atoms with van der Waals surface area (Å²) < 4.78 is 0. The molecule has 2 saturated heterocycles. The van der Waals surface area contributed by atoms with Crippen molar-refractivity contribution in [2.24, 2.45) is 5.41 Å². The first-order chi connectivity index (χ1) is 9.24. The van der Waals surface area contributed by atoms with Crippen molar-refractivity contribution >= 4 is 23.4 Å². The summed E-state index contributed by atoms with van der Waals surface area (Å²) in [5.41, 5.74) is 1.80. The third-order valence-electron chi connectivity index (χ3n) is 5.05. The lowest BCUT2D eigenvalue weighted by Gasteiger charge is -2.51. The zero-order chi connectivity index (χ0) is 13.3. The topological polar surface area (TPSA) is 12.0 Å². The van der Waals surface area contributed by atoms with Gasteiger partial charge in [-0.25, -0.2) is 0 Å². The summed E-state index contributed by atoms with van der Waals surface area (Å²) in [6.07, 6.45) is 4.01. The van der Waals surface area contributed by atoms with Gasteiger partial charge >= 0.3 is 0 Å². The number of hydrogen-bond donors (Lipinski definition) is 1. The van der Waals surface area contributed by atoms with Crippen molar-refractivity contribution in [3.8, 4) is 0 Å². The van der Waals surface area contributed by atoms with Crippen LogP contribution in [0.5, 0.6) is 0 Å². The maximum absolute atomic E-state index is 6.47. The molecule has 1 aromatic rings. The molecule has 0 aliphatic carbocycles. The molecule has 1 N–H and O–H groups in total. The molecule has 0 radical (unpaired) electrons. The first kappa shape index (κ1) is 13.8. The quantitative estimate of drug-likeness (QED) is 0.828. The van der Waals surface area contributed by atoms with Crippen LogP contribution in [-0.4, -0.2) is 24.1 Å². The Labute approximate surface area is 125 Å². The van der Waals surface area contributed by atoms with E-state index < -0.39 is 0 Å². The molecule has 1 nitrogen and oxygen atoms in total. The van der Waals surface area contributed by atoms with Crippen molar-refractivity contribution in [3.63, 3.8) is 0 Å². The molecule has 104 valence electrons. The minimum absolute atomic E-state index is 0.444. The van der Waals surface area contributed by atoms with E-state index in [1.165, 1.54) is 30.6 Å². The molecule has 3 rings (SSSR count). The second-order valence-electron chi connectivity index (χ2n) is 5.88. The fraction of sp³-hybridized carbons (Fsp3) is 0.625. The SMILES string of the molecule is CC1SCCCC12CCNCC2c1ccccc1Cl. The molecule has 0 saturated carbocycles. The predicted molar refractivity (Wildman–Crippen MR) is 85.3 cm³/mol. The molecule has 2 aliphatic rings. The first-order valence-electron chi connectivity index (χ1n) is 7.31. The third-order valence-corrected chi connectivity index (χ3v) is 6.89. The van der Waals surface area contributed by atoms with Crippen LogP contribution in [0.25, 0.3) is 0 Å². The lowest BCUT2D eigenvalue weighted by molar-refractivity contribution is 0.142. The van der Waals surface area contributed by atoms with Crippen LogP contribution in [-0.2, 0) is 0 Å². The molecule has 0 amide bonds. The molecule has 0 aromatic heterocycles. The van der Waals surface area contributed by atoms with E-state index >= 15 is 0 Å². The fourth-order valence-corrected chi connectivity index (χ4v) is 5.60. The van der Waals surface area contributed by atoms with Crippen LogP contribution in [0.15, 0.2) is 24.3 Å². The monoisotopic (exact) mass is 295 g/mol. The smallest absolute Gasteiger partial charge is 0.0441 e. The third kappa shape index (κ3) is 2.43. The lowest BCUT2D eigenvalue weighted by atomic mass is 9.63. The zero-order valence-electron chi connectivity index (χ0n) is 11.5. The highest BCUT2D eigenvalue weighted by atomic mass is 35.5. The van der Waals surface area contributed by atoms with E-state index in [4.69, 9.17) is 11.6 Å². The van der Waals surface area contributed by atoms with Crippen LogP contribution < -0.4 is 5.32 Å². The Bertz CT molecular complexity index is 444. The van der Waals surface area contributed by atoms with Crippen LogP contribution in [0.2, 0.25) is 5.02 Å². The summed E-state index contributed by atoms with van der Waals surface area (Å²) >= 11 is 8.63. The second-order valence-corrected chi connectivity index (χ2v) is 7.73. The summed E-state index contributed by atoms with van der Waals surface area (Å²) in [5, 5.41) is 5.27. The van der Waals surface area contributed by atoms with Gasteiger partial charge in [-0.05, 0) is 48.6 Å². The number of benzene rings is 1. The predicted octanol–water partition coefficient (Wildman–Crippen LogP) is 4.32. The Hall–Kier alpha value is -0.180. The molecule has 3 unspecified atom stereocenters. The van der Waals surface area contributed by atoms with Gasteiger partial charge in [-0.3, -0.25) is 0 Å². The summed E-state index contributed by atoms with van der Waals surface area (Å²) in [6, 6.07) is 8.44. The van der Waals surface area contributed by atoms with E-state index in [0.717, 1.165) is 23.4 Å². The van der Waals surface area contributed by atoms with Gasteiger partial charge in [0.25, 0.3) is 0 Å². The van der Waals surface area contributed by atoms with Gasteiger partial charge in [0.15, 0.2) is 0 Å². The van der Waals surface area contributed by atoms with E-state index in [9.17, 15) is 0 Å². The molecule has 0 bridgehead atoms. The van der Waals surface area contributed by atoms with Gasteiger partial charge in [0, 0.05) is 22.7 Å². The van der Waals surface area contributed by atoms with Crippen LogP contribution >= 0.6 is 23.4 Å². The first-order valence-corrected chi connectivity index (χ1v) is 8.73. The van der Waals surface area contributed by atoms with Gasteiger partial charge in [-0.2, -0.15) is 11.8 Å². The van der Waals surface area contributed by atoms with Crippen molar-refractivity contribution in [1.82, 2.24) is 5.32 Å². The largest absolute Gasteiger partial charge is 0.316 e. The average Bonchev–Trinajstić information content (AvgIpc) is 2.44. The standard InChI is InChI=1S/C16H22ClNS/c1-12-16(7-4-10-19-12)8-9-18-11-14(16)13-5-2-3-6-15(13)17/h2-3,5-6,12,14,18H,4,7-11H2,1H3. The maximum atomic E-state index is 6.47. The molecule has 1 aromatic carbocycles. The highest BCUT2D eigenvalue weighted by Gasteiger charge is 2.47. The Morgan fingerprint density at radius 3 is 2.95 bits per heavy atom. The summed E-state index contributed by atoms with van der Waals surface area (Å²) in [6.45, 7) is 4.67. The molecule has 19 heavy (non-hydrogen) atoms. The maximum Gasteiger partial charge on any atom is 0.0441 e. The Morgan fingerprint density at radius 1 is 1.32 bits per heavy atom. The highest BCUT2D eigenvalue weighted by Crippen LogP contribution is 2.54. The molecular weight excluding hydrogens is 274 g/mol. The zero-order valence-corrected chi connectivity index (χ0v) is 13.1. The molecular formula is C16H22ClNS. The normalized spacial score (nSPS) is 35.5. The Kier molecular flexibility index (Phi) is 4.11. The lowest BCUT2D eigenvalue weighted by Crippen LogP contribution is -2.50. The molecule has 3 heteroatoms. The van der Waals surface area contributed by atoms with Crippen molar-refractivity contribution in [2.75, 3.05) is 18.8 Å². The molecule has 2 heterocycles.